The zero-order valence-corrected chi connectivity index (χ0v) is 12.8. The molecule has 1 aliphatic rings. The summed E-state index contributed by atoms with van der Waals surface area (Å²) in [5, 5.41) is 6.00. The Morgan fingerprint density at radius 3 is 2.52 bits per heavy atom. The van der Waals surface area contributed by atoms with Crippen LogP contribution in [-0.4, -0.2) is 24.0 Å². The molecule has 0 aromatic heterocycles. The van der Waals surface area contributed by atoms with Crippen LogP contribution in [0.1, 0.15) is 23.7 Å². The van der Waals surface area contributed by atoms with E-state index in [1.807, 2.05) is 43.3 Å². The van der Waals surface area contributed by atoms with Crippen LogP contribution in [0.15, 0.2) is 54.6 Å². The van der Waals surface area contributed by atoms with E-state index in [-0.39, 0.29) is 24.0 Å². The Kier molecular flexibility index (Phi) is 4.28. The number of cyclic esters (lactones) is 1. The highest BCUT2D eigenvalue weighted by molar-refractivity contribution is 6.04. The van der Waals surface area contributed by atoms with Gasteiger partial charge in [-0.05, 0) is 37.3 Å². The van der Waals surface area contributed by atoms with Crippen LogP contribution in [-0.2, 0) is 9.53 Å². The van der Waals surface area contributed by atoms with Crippen molar-refractivity contribution in [3.8, 4) is 0 Å². The van der Waals surface area contributed by atoms with E-state index in [2.05, 4.69) is 10.6 Å². The van der Waals surface area contributed by atoms with Gasteiger partial charge in [0, 0.05) is 23.4 Å². The van der Waals surface area contributed by atoms with Gasteiger partial charge in [-0.2, -0.15) is 0 Å². The maximum Gasteiger partial charge on any atom is 0.328 e. The summed E-state index contributed by atoms with van der Waals surface area (Å²) in [6, 6.07) is 16.0. The molecular formula is C18H18N2O3. The first-order chi connectivity index (χ1) is 11.1. The summed E-state index contributed by atoms with van der Waals surface area (Å²) in [5.41, 5.74) is 2.04. The van der Waals surface area contributed by atoms with Crippen molar-refractivity contribution in [2.24, 2.45) is 0 Å². The third-order valence-electron chi connectivity index (χ3n) is 3.67. The number of esters is 1. The number of nitrogens with one attached hydrogen (secondary N) is 2. The number of rotatable bonds is 4. The molecule has 0 radical (unpaired) electrons. The van der Waals surface area contributed by atoms with E-state index in [4.69, 9.17) is 4.74 Å². The average Bonchev–Trinajstić information content (AvgIpc) is 2.86. The fourth-order valence-corrected chi connectivity index (χ4v) is 2.56. The number of anilines is 2. The Hall–Kier alpha value is -2.82. The lowest BCUT2D eigenvalue weighted by Gasteiger charge is -2.12. The molecule has 2 atom stereocenters. The number of hydrogen-bond donors (Lipinski definition) is 2. The normalized spacial score (nSPS) is 20.0. The molecule has 2 aromatic rings. The highest BCUT2D eigenvalue weighted by Gasteiger charge is 2.31. The van der Waals surface area contributed by atoms with Gasteiger partial charge in [-0.15, -0.1) is 0 Å². The Bertz CT molecular complexity index is 715. The third-order valence-corrected chi connectivity index (χ3v) is 3.67. The predicted molar refractivity (Wildman–Crippen MR) is 88.4 cm³/mol. The summed E-state index contributed by atoms with van der Waals surface area (Å²) in [7, 11) is 0. The van der Waals surface area contributed by atoms with Gasteiger partial charge in [0.1, 0.15) is 12.1 Å². The van der Waals surface area contributed by atoms with Gasteiger partial charge in [0.2, 0.25) is 0 Å². The van der Waals surface area contributed by atoms with E-state index in [0.29, 0.717) is 17.7 Å². The fraction of sp³-hybridized carbons (Fsp3) is 0.222. The van der Waals surface area contributed by atoms with Crippen molar-refractivity contribution in [2.45, 2.75) is 25.5 Å². The van der Waals surface area contributed by atoms with Gasteiger partial charge in [0.15, 0.2) is 0 Å². The second kappa shape index (κ2) is 6.52. The molecule has 5 nitrogen and oxygen atoms in total. The SMILES string of the molecule is C[C@@H]1C[C@@H](Nc2cccc(NC(=O)c3ccccc3)c2)C(=O)O1. The molecule has 1 heterocycles. The van der Waals surface area contributed by atoms with Crippen LogP contribution < -0.4 is 10.6 Å². The highest BCUT2D eigenvalue weighted by atomic mass is 16.6. The van der Waals surface area contributed by atoms with Gasteiger partial charge in [0.05, 0.1) is 0 Å². The van der Waals surface area contributed by atoms with Gasteiger partial charge in [-0.1, -0.05) is 24.3 Å². The monoisotopic (exact) mass is 310 g/mol. The summed E-state index contributed by atoms with van der Waals surface area (Å²) in [4.78, 5) is 23.8. The molecule has 2 N–H and O–H groups in total. The number of benzene rings is 2. The van der Waals surface area contributed by atoms with Crippen molar-refractivity contribution in [2.75, 3.05) is 10.6 Å². The van der Waals surface area contributed by atoms with Crippen molar-refractivity contribution in [3.63, 3.8) is 0 Å². The zero-order chi connectivity index (χ0) is 16.2. The van der Waals surface area contributed by atoms with Crippen LogP contribution in [0.3, 0.4) is 0 Å². The molecular weight excluding hydrogens is 292 g/mol. The molecule has 3 rings (SSSR count). The molecule has 0 saturated carbocycles. The summed E-state index contributed by atoms with van der Waals surface area (Å²) in [5.74, 6) is -0.409. The van der Waals surface area contributed by atoms with Crippen LogP contribution in [0.25, 0.3) is 0 Å². The second-order valence-corrected chi connectivity index (χ2v) is 5.58. The minimum atomic E-state index is -0.343. The lowest BCUT2D eigenvalue weighted by Crippen LogP contribution is -2.24. The maximum absolute atomic E-state index is 12.2. The first-order valence-electron chi connectivity index (χ1n) is 7.55. The first kappa shape index (κ1) is 15.1. The quantitative estimate of drug-likeness (QED) is 0.852. The molecule has 118 valence electrons. The number of ether oxygens (including phenoxy) is 1. The lowest BCUT2D eigenvalue weighted by atomic mass is 10.1. The Labute approximate surface area is 134 Å². The highest BCUT2D eigenvalue weighted by Crippen LogP contribution is 2.21. The number of carbonyl (C=O) groups is 2. The van der Waals surface area contributed by atoms with Gasteiger partial charge in [-0.25, -0.2) is 4.79 Å². The van der Waals surface area contributed by atoms with Gasteiger partial charge in [-0.3, -0.25) is 4.79 Å². The van der Waals surface area contributed by atoms with Crippen LogP contribution in [0.2, 0.25) is 0 Å². The minimum absolute atomic E-state index is 0.0685. The molecule has 5 heteroatoms. The molecule has 2 aromatic carbocycles. The van der Waals surface area contributed by atoms with Crippen LogP contribution in [0, 0.1) is 0 Å². The maximum atomic E-state index is 12.2. The lowest BCUT2D eigenvalue weighted by molar-refractivity contribution is -0.141. The topological polar surface area (TPSA) is 67.4 Å². The average molecular weight is 310 g/mol. The zero-order valence-electron chi connectivity index (χ0n) is 12.8. The predicted octanol–water partition coefficient (Wildman–Crippen LogP) is 3.05. The molecule has 1 saturated heterocycles. The van der Waals surface area contributed by atoms with E-state index in [1.165, 1.54) is 0 Å². The Morgan fingerprint density at radius 2 is 1.83 bits per heavy atom. The molecule has 1 aliphatic heterocycles. The summed E-state index contributed by atoms with van der Waals surface area (Å²) in [6.07, 6.45) is 0.570. The first-order valence-corrected chi connectivity index (χ1v) is 7.55. The molecule has 1 fully saturated rings. The van der Waals surface area contributed by atoms with Crippen LogP contribution in [0.4, 0.5) is 11.4 Å². The van der Waals surface area contributed by atoms with Gasteiger partial charge in [0.25, 0.3) is 5.91 Å². The van der Waals surface area contributed by atoms with E-state index in [1.54, 1.807) is 18.2 Å². The third kappa shape index (κ3) is 3.69. The Morgan fingerprint density at radius 1 is 1.09 bits per heavy atom. The van der Waals surface area contributed by atoms with E-state index in [9.17, 15) is 9.59 Å². The van der Waals surface area contributed by atoms with E-state index < -0.39 is 0 Å². The molecule has 1 amide bonds. The summed E-state index contributed by atoms with van der Waals surface area (Å²) < 4.78 is 5.13. The molecule has 0 aliphatic carbocycles. The summed E-state index contributed by atoms with van der Waals surface area (Å²) >= 11 is 0. The number of hydrogen-bond acceptors (Lipinski definition) is 4. The standard InChI is InChI=1S/C18H18N2O3/c1-12-10-16(18(22)23-12)19-14-8-5-9-15(11-14)20-17(21)13-6-3-2-4-7-13/h2-9,11-12,16,19H,10H2,1H3,(H,20,21)/t12-,16-/m1/s1. The van der Waals surface area contributed by atoms with Crippen LogP contribution >= 0.6 is 0 Å². The largest absolute Gasteiger partial charge is 0.461 e. The second-order valence-electron chi connectivity index (χ2n) is 5.58. The molecule has 0 unspecified atom stereocenters. The molecule has 0 spiro atoms. The molecule has 23 heavy (non-hydrogen) atoms. The van der Waals surface area contributed by atoms with Gasteiger partial charge < -0.3 is 15.4 Å². The smallest absolute Gasteiger partial charge is 0.328 e. The van der Waals surface area contributed by atoms with Gasteiger partial charge >= 0.3 is 5.97 Å². The fourth-order valence-electron chi connectivity index (χ4n) is 2.56. The summed E-state index contributed by atoms with van der Waals surface area (Å²) in [6.45, 7) is 1.87. The van der Waals surface area contributed by atoms with Crippen molar-refractivity contribution in [3.05, 3.63) is 60.2 Å². The Balaban J connectivity index is 1.68. The minimum Gasteiger partial charge on any atom is -0.461 e. The van der Waals surface area contributed by atoms with E-state index >= 15 is 0 Å². The van der Waals surface area contributed by atoms with Crippen molar-refractivity contribution in [1.29, 1.82) is 0 Å². The number of carbonyl (C=O) groups excluding carboxylic acids is 2. The van der Waals surface area contributed by atoms with Crippen molar-refractivity contribution < 1.29 is 14.3 Å². The number of amides is 1. The van der Waals surface area contributed by atoms with Crippen molar-refractivity contribution in [1.82, 2.24) is 0 Å². The van der Waals surface area contributed by atoms with E-state index in [0.717, 1.165) is 5.69 Å². The van der Waals surface area contributed by atoms with Crippen molar-refractivity contribution >= 4 is 23.3 Å². The molecule has 0 bridgehead atoms. The van der Waals surface area contributed by atoms with Crippen LogP contribution in [0.5, 0.6) is 0 Å².